The van der Waals surface area contributed by atoms with E-state index in [9.17, 15) is 18.7 Å². The summed E-state index contributed by atoms with van der Waals surface area (Å²) in [5, 5.41) is 19.1. The van der Waals surface area contributed by atoms with Crippen molar-refractivity contribution in [2.45, 2.75) is 38.7 Å². The van der Waals surface area contributed by atoms with Crippen LogP contribution in [0.5, 0.6) is 0 Å². The topological polar surface area (TPSA) is 69.6 Å². The molecule has 0 bridgehead atoms. The summed E-state index contributed by atoms with van der Waals surface area (Å²) in [4.78, 5) is 15.0. The normalized spacial score (nSPS) is 16.5. The first-order chi connectivity index (χ1) is 11.6. The molecule has 2 heterocycles. The van der Waals surface area contributed by atoms with Crippen molar-refractivity contribution < 1.29 is 23.9 Å². The quantitative estimate of drug-likeness (QED) is 0.420. The molecule has 2 atom stereocenters. The summed E-state index contributed by atoms with van der Waals surface area (Å²) in [6.45, 7) is 2.14. The van der Waals surface area contributed by atoms with Crippen molar-refractivity contribution in [1.82, 2.24) is 5.48 Å². The molecular weight excluding hydrogens is 436 g/mol. The maximum absolute atomic E-state index is 13.2. The van der Waals surface area contributed by atoms with Gasteiger partial charge in [-0.3, -0.25) is 10.0 Å². The Labute approximate surface area is 160 Å². The van der Waals surface area contributed by atoms with Gasteiger partial charge in [-0.2, -0.15) is 0 Å². The molecule has 0 saturated carbocycles. The van der Waals surface area contributed by atoms with Crippen LogP contribution >= 0.6 is 38.6 Å². The van der Waals surface area contributed by atoms with Gasteiger partial charge in [0, 0.05) is 14.6 Å². The van der Waals surface area contributed by atoms with Gasteiger partial charge in [-0.15, -0.1) is 22.7 Å². The van der Waals surface area contributed by atoms with E-state index in [2.05, 4.69) is 15.9 Å². The zero-order chi connectivity index (χ0) is 18.8. The van der Waals surface area contributed by atoms with Crippen molar-refractivity contribution in [3.05, 3.63) is 32.9 Å². The number of halogens is 3. The van der Waals surface area contributed by atoms with Crippen LogP contribution in [0.3, 0.4) is 0 Å². The molecule has 0 fully saturated rings. The zero-order valence-electron chi connectivity index (χ0n) is 13.6. The monoisotopic (exact) mass is 453 g/mol. The Kier molecular flexibility index (Phi) is 6.37. The molecule has 138 valence electrons. The van der Waals surface area contributed by atoms with Crippen LogP contribution in [0.4, 0.5) is 8.78 Å². The van der Waals surface area contributed by atoms with E-state index in [-0.39, 0.29) is 6.42 Å². The van der Waals surface area contributed by atoms with Crippen LogP contribution in [0, 0.1) is 5.41 Å². The lowest BCUT2D eigenvalue weighted by molar-refractivity contribution is -0.183. The third kappa shape index (κ3) is 4.11. The summed E-state index contributed by atoms with van der Waals surface area (Å²) in [6.07, 6.45) is -2.84. The minimum Gasteiger partial charge on any atom is -0.383 e. The number of carbonyl (C=O) groups is 1. The van der Waals surface area contributed by atoms with E-state index in [0.717, 1.165) is 25.3 Å². The number of nitrogens with one attached hydrogen (secondary N) is 1. The molecule has 9 heteroatoms. The Morgan fingerprint density at radius 3 is 2.36 bits per heavy atom. The summed E-state index contributed by atoms with van der Waals surface area (Å²) in [5.74, 6) is -1.03. The van der Waals surface area contributed by atoms with Crippen LogP contribution in [-0.2, 0) is 11.2 Å². The van der Waals surface area contributed by atoms with E-state index >= 15 is 0 Å². The smallest absolute Gasteiger partial charge is 0.267 e. The first-order valence-electron chi connectivity index (χ1n) is 7.41. The number of aryl methyl sites for hydroxylation is 1. The minimum atomic E-state index is -3.13. The van der Waals surface area contributed by atoms with Crippen LogP contribution in [0.15, 0.2) is 28.1 Å². The molecule has 4 nitrogen and oxygen atoms in total. The molecule has 0 radical (unpaired) electrons. The van der Waals surface area contributed by atoms with E-state index in [1.165, 1.54) is 23.7 Å². The third-order valence-electron chi connectivity index (χ3n) is 4.49. The Morgan fingerprint density at radius 1 is 1.24 bits per heavy atom. The summed E-state index contributed by atoms with van der Waals surface area (Å²) in [6, 6.07) is 7.74. The molecule has 0 aliphatic rings. The molecule has 0 aliphatic heterocycles. The fraction of sp³-hybridized carbons (Fsp3) is 0.438. The second-order valence-corrected chi connectivity index (χ2v) is 9.72. The number of aliphatic hydroxyl groups is 1. The molecule has 2 unspecified atom stereocenters. The van der Waals surface area contributed by atoms with Gasteiger partial charge in [0.1, 0.15) is 5.60 Å². The summed E-state index contributed by atoms with van der Waals surface area (Å²) >= 11 is 6.50. The van der Waals surface area contributed by atoms with Gasteiger partial charge in [0.25, 0.3) is 12.3 Å². The standard InChI is InChI=1S/C16H18BrF2NO3S2/c1-15(14(21)20-23,16(2,22)13(18)19)8-7-9-3-4-10(24-9)11-5-6-12(17)25-11/h3-6,13,22-23H,7-8H2,1-2H3,(H,20,21). The molecule has 0 aliphatic carbocycles. The van der Waals surface area contributed by atoms with Gasteiger partial charge < -0.3 is 5.11 Å². The average Bonchev–Trinajstić information content (AvgIpc) is 3.20. The Bertz CT molecular complexity index is 747. The highest BCUT2D eigenvalue weighted by Crippen LogP contribution is 2.42. The molecule has 2 aromatic rings. The first kappa shape index (κ1) is 20.4. The highest BCUT2D eigenvalue weighted by atomic mass is 79.9. The lowest BCUT2D eigenvalue weighted by atomic mass is 9.70. The fourth-order valence-corrected chi connectivity index (χ4v) is 4.91. The van der Waals surface area contributed by atoms with Gasteiger partial charge in [-0.05, 0) is 66.9 Å². The summed E-state index contributed by atoms with van der Waals surface area (Å²) in [5.41, 5.74) is -3.01. The van der Waals surface area contributed by atoms with Crippen LogP contribution in [0.1, 0.15) is 25.1 Å². The second kappa shape index (κ2) is 7.79. The van der Waals surface area contributed by atoms with Crippen LogP contribution < -0.4 is 5.48 Å². The molecule has 1 amide bonds. The lowest BCUT2D eigenvalue weighted by Crippen LogP contribution is -2.57. The Balaban J connectivity index is 2.19. The molecule has 3 N–H and O–H groups in total. The maximum Gasteiger partial charge on any atom is 0.267 e. The molecular formula is C16H18BrF2NO3S2. The number of carbonyl (C=O) groups excluding carboxylic acids is 1. The third-order valence-corrected chi connectivity index (χ3v) is 7.46. The highest BCUT2D eigenvalue weighted by molar-refractivity contribution is 9.11. The Morgan fingerprint density at radius 2 is 1.84 bits per heavy atom. The fourth-order valence-electron chi connectivity index (χ4n) is 2.43. The number of rotatable bonds is 7. The van der Waals surface area contributed by atoms with Crippen LogP contribution in [0.2, 0.25) is 0 Å². The van der Waals surface area contributed by atoms with Crippen molar-refractivity contribution in [2.75, 3.05) is 0 Å². The van der Waals surface area contributed by atoms with E-state index in [4.69, 9.17) is 5.21 Å². The van der Waals surface area contributed by atoms with E-state index in [0.29, 0.717) is 6.42 Å². The van der Waals surface area contributed by atoms with Gasteiger partial charge in [-0.25, -0.2) is 14.3 Å². The van der Waals surface area contributed by atoms with Gasteiger partial charge in [0.15, 0.2) is 0 Å². The zero-order valence-corrected chi connectivity index (χ0v) is 16.8. The van der Waals surface area contributed by atoms with Gasteiger partial charge in [-0.1, -0.05) is 0 Å². The van der Waals surface area contributed by atoms with Crippen molar-refractivity contribution in [2.24, 2.45) is 5.41 Å². The van der Waals surface area contributed by atoms with E-state index < -0.39 is 23.3 Å². The van der Waals surface area contributed by atoms with Gasteiger partial charge >= 0.3 is 0 Å². The van der Waals surface area contributed by atoms with Crippen molar-refractivity contribution >= 4 is 44.5 Å². The largest absolute Gasteiger partial charge is 0.383 e. The predicted molar refractivity (Wildman–Crippen MR) is 98.3 cm³/mol. The van der Waals surface area contributed by atoms with E-state index in [1.807, 2.05) is 24.3 Å². The molecule has 2 aromatic heterocycles. The highest BCUT2D eigenvalue weighted by Gasteiger charge is 2.54. The first-order valence-corrected chi connectivity index (χ1v) is 9.84. The van der Waals surface area contributed by atoms with Crippen molar-refractivity contribution in [1.29, 1.82) is 0 Å². The van der Waals surface area contributed by atoms with Gasteiger partial charge in [0.2, 0.25) is 0 Å². The molecule has 0 aromatic carbocycles. The number of hydroxylamine groups is 1. The van der Waals surface area contributed by atoms with Gasteiger partial charge in [0.05, 0.1) is 9.20 Å². The second-order valence-electron chi connectivity index (χ2n) is 6.09. The van der Waals surface area contributed by atoms with Crippen molar-refractivity contribution in [3.8, 4) is 9.75 Å². The molecule has 0 saturated heterocycles. The van der Waals surface area contributed by atoms with Crippen LogP contribution in [-0.4, -0.2) is 28.2 Å². The SMILES string of the molecule is CC(CCc1ccc(-c2ccc(Br)s2)s1)(C(=O)NO)C(C)(O)C(F)F. The average molecular weight is 454 g/mol. The predicted octanol–water partition coefficient (Wildman–Crippen LogP) is 4.70. The summed E-state index contributed by atoms with van der Waals surface area (Å²) < 4.78 is 27.5. The minimum absolute atomic E-state index is 0.0369. The number of amides is 1. The summed E-state index contributed by atoms with van der Waals surface area (Å²) in [7, 11) is 0. The number of hydrogen-bond acceptors (Lipinski definition) is 5. The van der Waals surface area contributed by atoms with E-state index in [1.54, 1.807) is 11.3 Å². The maximum atomic E-state index is 13.2. The molecule has 2 rings (SSSR count). The molecule has 0 spiro atoms. The molecule has 25 heavy (non-hydrogen) atoms. The van der Waals surface area contributed by atoms with Crippen molar-refractivity contribution in [3.63, 3.8) is 0 Å². The number of alkyl halides is 2. The Hall–Kier alpha value is -0.870. The number of hydrogen-bond donors (Lipinski definition) is 3. The number of thiophene rings is 2. The van der Waals surface area contributed by atoms with Crippen LogP contribution in [0.25, 0.3) is 9.75 Å². The lowest BCUT2D eigenvalue weighted by Gasteiger charge is -2.40.